The number of hydrogen-bond donors (Lipinski definition) is 2. The van der Waals surface area contributed by atoms with Crippen LogP contribution in [0.3, 0.4) is 0 Å². The number of carbonyl (C=O) groups is 1. The molecule has 0 atom stereocenters. The summed E-state index contributed by atoms with van der Waals surface area (Å²) in [5.74, 6) is -0.481. The molecule has 106 valence electrons. The van der Waals surface area contributed by atoms with Crippen LogP contribution in [0.25, 0.3) is 11.1 Å². The van der Waals surface area contributed by atoms with Gasteiger partial charge in [0.15, 0.2) is 11.5 Å². The molecule has 0 aliphatic rings. The molecule has 0 aliphatic carbocycles. The molecule has 20 heavy (non-hydrogen) atoms. The Hall–Kier alpha value is -2.50. The van der Waals surface area contributed by atoms with Crippen LogP contribution < -0.4 is 9.47 Å². The van der Waals surface area contributed by atoms with Gasteiger partial charge in [-0.15, -0.1) is 0 Å². The Morgan fingerprint density at radius 3 is 2.40 bits per heavy atom. The highest BCUT2D eigenvalue weighted by atomic mass is 16.5. The van der Waals surface area contributed by atoms with Gasteiger partial charge in [-0.2, -0.15) is 5.10 Å². The number of rotatable bonds is 4. The van der Waals surface area contributed by atoms with Gasteiger partial charge in [0, 0.05) is 11.3 Å². The summed E-state index contributed by atoms with van der Waals surface area (Å²) in [4.78, 5) is 11.4. The topological polar surface area (TPSA) is 84.4 Å². The monoisotopic (exact) mass is 276 g/mol. The van der Waals surface area contributed by atoms with Crippen molar-refractivity contribution in [2.24, 2.45) is 0 Å². The Morgan fingerprint density at radius 1 is 1.25 bits per heavy atom. The predicted molar refractivity (Wildman–Crippen MR) is 73.6 cm³/mol. The number of benzene rings is 1. The van der Waals surface area contributed by atoms with E-state index in [9.17, 15) is 9.90 Å². The van der Waals surface area contributed by atoms with Crippen molar-refractivity contribution in [1.29, 1.82) is 0 Å². The van der Waals surface area contributed by atoms with Crippen LogP contribution in [0.2, 0.25) is 0 Å². The van der Waals surface area contributed by atoms with Crippen LogP contribution in [0.1, 0.15) is 21.7 Å². The third-order valence-electron chi connectivity index (χ3n) is 3.13. The minimum atomic E-state index is -1.07. The summed E-state index contributed by atoms with van der Waals surface area (Å²) in [6.07, 6.45) is 0. The van der Waals surface area contributed by atoms with E-state index in [1.807, 2.05) is 13.8 Å². The normalized spacial score (nSPS) is 10.4. The Balaban J connectivity index is 2.73. The van der Waals surface area contributed by atoms with Gasteiger partial charge in [0.25, 0.3) is 0 Å². The number of aromatic carboxylic acids is 1. The summed E-state index contributed by atoms with van der Waals surface area (Å²) < 4.78 is 10.4. The molecule has 0 spiro atoms. The molecule has 0 unspecified atom stereocenters. The maximum absolute atomic E-state index is 11.4. The number of H-pyrrole nitrogens is 1. The maximum atomic E-state index is 11.4. The SMILES string of the molecule is COc1cc(-c2c(C)n[nH]c2C)cc(C(=O)O)c1OC. The molecule has 0 amide bonds. The second-order valence-corrected chi connectivity index (χ2v) is 4.37. The van der Waals surface area contributed by atoms with Gasteiger partial charge in [-0.25, -0.2) is 4.79 Å². The standard InChI is InChI=1S/C14H16N2O4/c1-7-12(8(2)16-15-7)9-5-10(14(17)18)13(20-4)11(6-9)19-3/h5-6H,1-4H3,(H,15,16)(H,17,18). The Morgan fingerprint density at radius 2 is 1.95 bits per heavy atom. The summed E-state index contributed by atoms with van der Waals surface area (Å²) >= 11 is 0. The van der Waals surface area contributed by atoms with Gasteiger partial charge in [-0.05, 0) is 31.5 Å². The molecule has 2 N–H and O–H groups in total. The van der Waals surface area contributed by atoms with Crippen molar-refractivity contribution in [3.63, 3.8) is 0 Å². The summed E-state index contributed by atoms with van der Waals surface area (Å²) in [7, 11) is 2.89. The summed E-state index contributed by atoms with van der Waals surface area (Å²) in [6.45, 7) is 3.74. The van der Waals surface area contributed by atoms with Crippen LogP contribution in [0.4, 0.5) is 0 Å². The molecule has 0 radical (unpaired) electrons. The van der Waals surface area contributed by atoms with Gasteiger partial charge in [-0.1, -0.05) is 0 Å². The van der Waals surface area contributed by atoms with E-state index in [0.717, 1.165) is 22.5 Å². The van der Waals surface area contributed by atoms with Crippen molar-refractivity contribution < 1.29 is 19.4 Å². The van der Waals surface area contributed by atoms with Crippen molar-refractivity contribution in [2.45, 2.75) is 13.8 Å². The fourth-order valence-electron chi connectivity index (χ4n) is 2.24. The van der Waals surface area contributed by atoms with Crippen LogP contribution in [0, 0.1) is 13.8 Å². The van der Waals surface area contributed by atoms with Gasteiger partial charge in [0.2, 0.25) is 0 Å². The van der Waals surface area contributed by atoms with Crippen molar-refractivity contribution in [3.05, 3.63) is 29.1 Å². The van der Waals surface area contributed by atoms with Gasteiger partial charge in [0.05, 0.1) is 19.9 Å². The molecular weight excluding hydrogens is 260 g/mol. The van der Waals surface area contributed by atoms with Crippen molar-refractivity contribution in [3.8, 4) is 22.6 Å². The number of nitrogens with zero attached hydrogens (tertiary/aromatic N) is 1. The number of methoxy groups -OCH3 is 2. The molecule has 6 heteroatoms. The fourth-order valence-corrected chi connectivity index (χ4v) is 2.24. The fraction of sp³-hybridized carbons (Fsp3) is 0.286. The first-order chi connectivity index (χ1) is 9.49. The van der Waals surface area contributed by atoms with Gasteiger partial charge in [-0.3, -0.25) is 5.10 Å². The molecule has 0 saturated carbocycles. The van der Waals surface area contributed by atoms with Crippen molar-refractivity contribution in [2.75, 3.05) is 14.2 Å². The molecule has 1 aromatic carbocycles. The van der Waals surface area contributed by atoms with E-state index in [4.69, 9.17) is 9.47 Å². The molecule has 1 aromatic heterocycles. The largest absolute Gasteiger partial charge is 0.493 e. The third kappa shape index (κ3) is 2.20. The lowest BCUT2D eigenvalue weighted by atomic mass is 10.00. The zero-order valence-corrected chi connectivity index (χ0v) is 11.8. The van der Waals surface area contributed by atoms with Gasteiger partial charge < -0.3 is 14.6 Å². The highest BCUT2D eigenvalue weighted by Gasteiger charge is 2.20. The number of aromatic nitrogens is 2. The summed E-state index contributed by atoms with van der Waals surface area (Å²) in [5.41, 5.74) is 3.32. The maximum Gasteiger partial charge on any atom is 0.339 e. The zero-order valence-electron chi connectivity index (χ0n) is 11.8. The summed E-state index contributed by atoms with van der Waals surface area (Å²) in [6, 6.07) is 3.31. The first-order valence-electron chi connectivity index (χ1n) is 6.00. The lowest BCUT2D eigenvalue weighted by Gasteiger charge is -2.13. The minimum absolute atomic E-state index is 0.0573. The van der Waals surface area contributed by atoms with E-state index in [0.29, 0.717) is 5.75 Å². The number of aromatic amines is 1. The number of aryl methyl sites for hydroxylation is 2. The van der Waals surface area contributed by atoms with Crippen LogP contribution in [-0.2, 0) is 0 Å². The number of carboxylic acid groups (broad SMARTS) is 1. The number of ether oxygens (including phenoxy) is 2. The smallest absolute Gasteiger partial charge is 0.339 e. The Bertz CT molecular complexity index is 642. The van der Waals surface area contributed by atoms with Crippen LogP contribution >= 0.6 is 0 Å². The molecule has 0 fully saturated rings. The van der Waals surface area contributed by atoms with Crippen molar-refractivity contribution in [1.82, 2.24) is 10.2 Å². The Labute approximate surface area is 116 Å². The minimum Gasteiger partial charge on any atom is -0.493 e. The molecule has 2 rings (SSSR count). The quantitative estimate of drug-likeness (QED) is 0.895. The highest BCUT2D eigenvalue weighted by Crippen LogP contribution is 2.37. The molecule has 0 aliphatic heterocycles. The van der Waals surface area contributed by atoms with Crippen LogP contribution in [0.5, 0.6) is 11.5 Å². The van der Waals surface area contributed by atoms with E-state index in [-0.39, 0.29) is 11.3 Å². The van der Waals surface area contributed by atoms with Gasteiger partial charge >= 0.3 is 5.97 Å². The number of nitrogens with one attached hydrogen (secondary N) is 1. The average Bonchev–Trinajstić information content (AvgIpc) is 2.76. The molecule has 6 nitrogen and oxygen atoms in total. The van der Waals surface area contributed by atoms with Crippen molar-refractivity contribution >= 4 is 5.97 Å². The number of hydrogen-bond acceptors (Lipinski definition) is 4. The van der Waals surface area contributed by atoms with E-state index in [2.05, 4.69) is 10.2 Å². The summed E-state index contributed by atoms with van der Waals surface area (Å²) in [5, 5.41) is 16.3. The molecule has 0 saturated heterocycles. The molecular formula is C14H16N2O4. The van der Waals surface area contributed by atoms with E-state index < -0.39 is 5.97 Å². The first kappa shape index (κ1) is 13.9. The average molecular weight is 276 g/mol. The van der Waals surface area contributed by atoms with E-state index >= 15 is 0 Å². The lowest BCUT2D eigenvalue weighted by molar-refractivity contribution is 0.0692. The molecule has 2 aromatic rings. The lowest BCUT2D eigenvalue weighted by Crippen LogP contribution is -2.03. The highest BCUT2D eigenvalue weighted by molar-refractivity contribution is 5.94. The second kappa shape index (κ2) is 5.24. The van der Waals surface area contributed by atoms with Gasteiger partial charge in [0.1, 0.15) is 5.56 Å². The van der Waals surface area contributed by atoms with E-state index in [1.54, 1.807) is 12.1 Å². The van der Waals surface area contributed by atoms with E-state index in [1.165, 1.54) is 14.2 Å². The second-order valence-electron chi connectivity index (χ2n) is 4.37. The predicted octanol–water partition coefficient (Wildman–Crippen LogP) is 2.41. The molecule has 0 bridgehead atoms. The molecule has 1 heterocycles. The zero-order chi connectivity index (χ0) is 14.9. The number of carboxylic acids is 1. The Kier molecular flexibility index (Phi) is 3.65. The third-order valence-corrected chi connectivity index (χ3v) is 3.13. The van der Waals surface area contributed by atoms with Crippen LogP contribution in [0.15, 0.2) is 12.1 Å². The first-order valence-corrected chi connectivity index (χ1v) is 6.00. The van der Waals surface area contributed by atoms with Crippen LogP contribution in [-0.4, -0.2) is 35.5 Å².